The van der Waals surface area contributed by atoms with Gasteiger partial charge in [0.05, 0.1) is 0 Å². The smallest absolute Gasteiger partial charge is 0.00578 e. The van der Waals surface area contributed by atoms with E-state index in [4.69, 9.17) is 0 Å². The zero-order valence-electron chi connectivity index (χ0n) is 11.4. The van der Waals surface area contributed by atoms with Gasteiger partial charge in [0.2, 0.25) is 0 Å². The monoisotopic (exact) mass is 248 g/mol. The molecule has 96 valence electrons. The third kappa shape index (κ3) is 4.26. The van der Waals surface area contributed by atoms with Crippen molar-refractivity contribution in [3.8, 4) is 0 Å². The third-order valence-corrected chi connectivity index (χ3v) is 3.27. The van der Waals surface area contributed by atoms with Crippen LogP contribution in [0.1, 0.15) is 24.8 Å². The van der Waals surface area contributed by atoms with E-state index < -0.39 is 0 Å². The molecule has 19 heavy (non-hydrogen) atoms. The number of allylic oxidation sites excluding steroid dienone is 4. The molecule has 0 heteroatoms. The molecule has 0 aromatic heterocycles. The van der Waals surface area contributed by atoms with Crippen LogP contribution in [-0.2, 0) is 0 Å². The second kappa shape index (κ2) is 7.38. The topological polar surface area (TPSA) is 0 Å². The Hall–Kier alpha value is -2.08. The van der Waals surface area contributed by atoms with Crippen molar-refractivity contribution in [3.63, 3.8) is 0 Å². The van der Waals surface area contributed by atoms with E-state index in [1.807, 2.05) is 36.4 Å². The Bertz CT molecular complexity index is 494. The second-order valence-corrected chi connectivity index (χ2v) is 4.63. The number of rotatable bonds is 2. The lowest BCUT2D eigenvalue weighted by atomic mass is 9.94. The average Bonchev–Trinajstić information content (AvgIpc) is 3.04. The first-order valence-corrected chi connectivity index (χ1v) is 6.79. The molecule has 0 amide bonds. The highest BCUT2D eigenvalue weighted by molar-refractivity contribution is 5.37. The van der Waals surface area contributed by atoms with Crippen LogP contribution < -0.4 is 0 Å². The predicted octanol–water partition coefficient (Wildman–Crippen LogP) is 5.36. The van der Waals surface area contributed by atoms with Crippen LogP contribution in [0.2, 0.25) is 0 Å². The maximum absolute atomic E-state index is 2.30. The fourth-order valence-electron chi connectivity index (χ4n) is 2.12. The minimum absolute atomic E-state index is 0.542. The molecule has 1 aliphatic rings. The van der Waals surface area contributed by atoms with Crippen LogP contribution in [0.25, 0.3) is 0 Å². The molecule has 0 heterocycles. The quantitative estimate of drug-likeness (QED) is 0.671. The van der Waals surface area contributed by atoms with Gasteiger partial charge in [-0.1, -0.05) is 91.9 Å². The maximum Gasteiger partial charge on any atom is 0.00578 e. The van der Waals surface area contributed by atoms with Gasteiger partial charge in [-0.2, -0.15) is 0 Å². The molecule has 0 aliphatic heterocycles. The van der Waals surface area contributed by atoms with Crippen molar-refractivity contribution in [1.82, 2.24) is 0 Å². The van der Waals surface area contributed by atoms with Crippen LogP contribution in [0.5, 0.6) is 0 Å². The van der Waals surface area contributed by atoms with Crippen molar-refractivity contribution >= 4 is 0 Å². The van der Waals surface area contributed by atoms with Crippen molar-refractivity contribution in [1.29, 1.82) is 0 Å². The van der Waals surface area contributed by atoms with E-state index in [-0.39, 0.29) is 0 Å². The summed E-state index contributed by atoms with van der Waals surface area (Å²) in [5.41, 5.74) is 2.85. The van der Waals surface area contributed by atoms with E-state index in [0.29, 0.717) is 5.92 Å². The summed E-state index contributed by atoms with van der Waals surface area (Å²) < 4.78 is 0. The van der Waals surface area contributed by atoms with Gasteiger partial charge in [0.1, 0.15) is 0 Å². The number of hydrogen-bond acceptors (Lipinski definition) is 0. The Morgan fingerprint density at radius 2 is 1.32 bits per heavy atom. The molecular weight excluding hydrogens is 228 g/mol. The summed E-state index contributed by atoms with van der Waals surface area (Å²) in [6, 6.07) is 22.7. The lowest BCUT2D eigenvalue weighted by Gasteiger charge is -2.11. The van der Waals surface area contributed by atoms with E-state index in [2.05, 4.69) is 55.5 Å². The Balaban J connectivity index is 0.000000186. The summed E-state index contributed by atoms with van der Waals surface area (Å²) in [6.07, 6.45) is 7.86. The molecule has 2 aromatic carbocycles. The zero-order valence-corrected chi connectivity index (χ0v) is 11.4. The standard InChI is InChI=1S/C13H14.C6H6/c1-11(13-9-5-6-10-13)12-7-3-2-4-8-12;1-2-4-6-5-3-1/h2-5,7-11H,6H2,1H3;1-6H. The van der Waals surface area contributed by atoms with Gasteiger partial charge in [0.25, 0.3) is 0 Å². The predicted molar refractivity (Wildman–Crippen MR) is 83.1 cm³/mol. The molecule has 0 saturated carbocycles. The molecule has 3 rings (SSSR count). The summed E-state index contributed by atoms with van der Waals surface area (Å²) in [5.74, 6) is 0.542. The Kier molecular flexibility index (Phi) is 5.18. The van der Waals surface area contributed by atoms with Crippen LogP contribution in [-0.4, -0.2) is 0 Å². The van der Waals surface area contributed by atoms with Crippen LogP contribution in [0.3, 0.4) is 0 Å². The average molecular weight is 248 g/mol. The Morgan fingerprint density at radius 1 is 0.789 bits per heavy atom. The van der Waals surface area contributed by atoms with Gasteiger partial charge in [0.15, 0.2) is 0 Å². The van der Waals surface area contributed by atoms with Crippen molar-refractivity contribution in [2.75, 3.05) is 0 Å². The summed E-state index contributed by atoms with van der Waals surface area (Å²) >= 11 is 0. The van der Waals surface area contributed by atoms with E-state index >= 15 is 0 Å². The van der Waals surface area contributed by atoms with Gasteiger partial charge in [-0.25, -0.2) is 0 Å². The van der Waals surface area contributed by atoms with Gasteiger partial charge in [-0.3, -0.25) is 0 Å². The third-order valence-electron chi connectivity index (χ3n) is 3.27. The van der Waals surface area contributed by atoms with Crippen molar-refractivity contribution in [3.05, 3.63) is 96.1 Å². The van der Waals surface area contributed by atoms with E-state index in [1.54, 1.807) is 0 Å². The van der Waals surface area contributed by atoms with Crippen LogP contribution >= 0.6 is 0 Å². The lowest BCUT2D eigenvalue weighted by Crippen LogP contribution is -1.93. The minimum atomic E-state index is 0.542. The fraction of sp³-hybridized carbons (Fsp3) is 0.158. The first-order valence-electron chi connectivity index (χ1n) is 6.79. The highest BCUT2D eigenvalue weighted by Crippen LogP contribution is 2.27. The van der Waals surface area contributed by atoms with Gasteiger partial charge in [0, 0.05) is 5.92 Å². The van der Waals surface area contributed by atoms with E-state index in [9.17, 15) is 0 Å². The van der Waals surface area contributed by atoms with Crippen LogP contribution in [0.4, 0.5) is 0 Å². The van der Waals surface area contributed by atoms with Gasteiger partial charge >= 0.3 is 0 Å². The molecule has 0 saturated heterocycles. The zero-order chi connectivity index (χ0) is 13.3. The van der Waals surface area contributed by atoms with Crippen molar-refractivity contribution in [2.45, 2.75) is 19.3 Å². The molecule has 0 N–H and O–H groups in total. The maximum atomic E-state index is 2.30. The molecule has 0 spiro atoms. The van der Waals surface area contributed by atoms with Gasteiger partial charge in [-0.05, 0) is 17.6 Å². The highest BCUT2D eigenvalue weighted by Gasteiger charge is 2.09. The number of benzene rings is 2. The molecule has 1 aliphatic carbocycles. The first kappa shape index (κ1) is 13.4. The SMILES string of the molecule is CC(C1=CCC=C1)c1ccccc1.c1ccccc1. The van der Waals surface area contributed by atoms with Gasteiger partial charge < -0.3 is 0 Å². The highest BCUT2D eigenvalue weighted by atomic mass is 14.1. The normalized spacial score (nSPS) is 14.3. The Labute approximate surface area is 116 Å². The molecule has 0 bridgehead atoms. The largest absolute Gasteiger partial charge is 0.0804 e. The summed E-state index contributed by atoms with van der Waals surface area (Å²) in [4.78, 5) is 0. The minimum Gasteiger partial charge on any atom is -0.0804 e. The molecule has 1 unspecified atom stereocenters. The lowest BCUT2D eigenvalue weighted by molar-refractivity contribution is 0.923. The van der Waals surface area contributed by atoms with Crippen molar-refractivity contribution in [2.24, 2.45) is 0 Å². The first-order chi connectivity index (χ1) is 9.38. The summed E-state index contributed by atoms with van der Waals surface area (Å²) in [7, 11) is 0. The van der Waals surface area contributed by atoms with Crippen LogP contribution in [0.15, 0.2) is 90.5 Å². The molecule has 1 atom stereocenters. The van der Waals surface area contributed by atoms with Gasteiger partial charge in [-0.15, -0.1) is 0 Å². The number of hydrogen-bond donors (Lipinski definition) is 0. The molecular formula is C19H20. The molecule has 0 fully saturated rings. The van der Waals surface area contributed by atoms with E-state index in [1.165, 1.54) is 11.1 Å². The summed E-state index contributed by atoms with van der Waals surface area (Å²) in [5, 5.41) is 0. The molecule has 0 radical (unpaired) electrons. The molecule has 0 nitrogen and oxygen atoms in total. The molecule has 2 aromatic rings. The second-order valence-electron chi connectivity index (χ2n) is 4.63. The van der Waals surface area contributed by atoms with E-state index in [0.717, 1.165) is 6.42 Å². The van der Waals surface area contributed by atoms with Crippen molar-refractivity contribution < 1.29 is 0 Å². The Morgan fingerprint density at radius 3 is 1.79 bits per heavy atom. The fourth-order valence-corrected chi connectivity index (χ4v) is 2.12. The van der Waals surface area contributed by atoms with Crippen LogP contribution in [0, 0.1) is 0 Å². The summed E-state index contributed by atoms with van der Waals surface area (Å²) in [6.45, 7) is 2.26.